The van der Waals surface area contributed by atoms with Crippen LogP contribution < -0.4 is 0 Å². The van der Waals surface area contributed by atoms with E-state index in [2.05, 4.69) is 20.4 Å². The standard InChI is InChI=1S/C13H18N4O2/c1-5-8(4-14-15-5)10-12(18)11(13(10)19)9-6(2)16-17-7(9)3/h4,10-13,18-19H,1-3H3,(H,14,15)(H,16,17). The molecule has 2 unspecified atom stereocenters. The Balaban J connectivity index is 1.92. The van der Waals surface area contributed by atoms with E-state index in [-0.39, 0.29) is 11.8 Å². The molecule has 0 spiro atoms. The smallest absolute Gasteiger partial charge is 0.0729 e. The first-order valence-electron chi connectivity index (χ1n) is 6.39. The summed E-state index contributed by atoms with van der Waals surface area (Å²) < 4.78 is 0. The largest absolute Gasteiger partial charge is 0.392 e. The number of nitrogens with zero attached hydrogens (tertiary/aromatic N) is 2. The van der Waals surface area contributed by atoms with Gasteiger partial charge in [-0.15, -0.1) is 0 Å². The van der Waals surface area contributed by atoms with Gasteiger partial charge in [-0.25, -0.2) is 0 Å². The van der Waals surface area contributed by atoms with Crippen LogP contribution in [0.3, 0.4) is 0 Å². The molecule has 0 radical (unpaired) electrons. The lowest BCUT2D eigenvalue weighted by molar-refractivity contribution is -0.0791. The van der Waals surface area contributed by atoms with Gasteiger partial charge >= 0.3 is 0 Å². The lowest BCUT2D eigenvalue weighted by Crippen LogP contribution is -2.52. The summed E-state index contributed by atoms with van der Waals surface area (Å²) >= 11 is 0. The first kappa shape index (κ1) is 12.4. The van der Waals surface area contributed by atoms with Crippen LogP contribution in [0.5, 0.6) is 0 Å². The number of hydrogen-bond acceptors (Lipinski definition) is 4. The number of aromatic nitrogens is 4. The molecule has 6 nitrogen and oxygen atoms in total. The normalized spacial score (nSPS) is 30.4. The summed E-state index contributed by atoms with van der Waals surface area (Å²) in [5.41, 5.74) is 4.44. The highest BCUT2D eigenvalue weighted by Crippen LogP contribution is 2.49. The summed E-state index contributed by atoms with van der Waals surface area (Å²) in [5.74, 6) is -0.560. The molecule has 0 saturated heterocycles. The minimum absolute atomic E-state index is 0.280. The van der Waals surface area contributed by atoms with Crippen molar-refractivity contribution < 1.29 is 10.2 Å². The average Bonchev–Trinajstić information content (AvgIpc) is 2.91. The topological polar surface area (TPSA) is 97.8 Å². The van der Waals surface area contributed by atoms with Crippen LogP contribution in [-0.4, -0.2) is 42.8 Å². The third-order valence-corrected chi connectivity index (χ3v) is 4.22. The van der Waals surface area contributed by atoms with E-state index in [1.807, 2.05) is 20.8 Å². The molecule has 4 N–H and O–H groups in total. The number of aliphatic hydroxyl groups excluding tert-OH is 2. The van der Waals surface area contributed by atoms with Crippen LogP contribution in [0, 0.1) is 20.8 Å². The molecular weight excluding hydrogens is 244 g/mol. The number of aliphatic hydroxyl groups is 2. The molecule has 3 rings (SSSR count). The molecule has 2 aromatic rings. The Morgan fingerprint density at radius 2 is 1.68 bits per heavy atom. The molecule has 1 aliphatic carbocycles. The first-order chi connectivity index (χ1) is 9.02. The SMILES string of the molecule is Cc1n[nH]c(C)c1C1C(O)C(c2cn[nH]c2C)C1O. The second-order valence-electron chi connectivity index (χ2n) is 5.33. The van der Waals surface area contributed by atoms with Gasteiger partial charge in [0.25, 0.3) is 0 Å². The van der Waals surface area contributed by atoms with Crippen molar-refractivity contribution in [2.24, 2.45) is 0 Å². The van der Waals surface area contributed by atoms with Gasteiger partial charge < -0.3 is 10.2 Å². The van der Waals surface area contributed by atoms with Crippen molar-refractivity contribution in [3.63, 3.8) is 0 Å². The Labute approximate surface area is 110 Å². The summed E-state index contributed by atoms with van der Waals surface area (Å²) in [6.07, 6.45) is 0.459. The number of aryl methyl sites for hydroxylation is 3. The van der Waals surface area contributed by atoms with E-state index in [0.717, 1.165) is 28.2 Å². The summed E-state index contributed by atoms with van der Waals surface area (Å²) in [4.78, 5) is 0. The van der Waals surface area contributed by atoms with Gasteiger partial charge in [0.2, 0.25) is 0 Å². The van der Waals surface area contributed by atoms with Crippen molar-refractivity contribution in [3.8, 4) is 0 Å². The molecule has 19 heavy (non-hydrogen) atoms. The Hall–Kier alpha value is -1.66. The van der Waals surface area contributed by atoms with Gasteiger partial charge in [-0.05, 0) is 20.8 Å². The van der Waals surface area contributed by atoms with E-state index in [0.29, 0.717) is 0 Å². The molecule has 1 aliphatic rings. The average molecular weight is 262 g/mol. The van der Waals surface area contributed by atoms with Gasteiger partial charge in [-0.2, -0.15) is 10.2 Å². The number of hydrogen-bond donors (Lipinski definition) is 4. The van der Waals surface area contributed by atoms with Crippen LogP contribution in [0.4, 0.5) is 0 Å². The zero-order valence-electron chi connectivity index (χ0n) is 11.2. The van der Waals surface area contributed by atoms with Crippen molar-refractivity contribution >= 4 is 0 Å². The van der Waals surface area contributed by atoms with Gasteiger partial charge in [-0.3, -0.25) is 10.2 Å². The lowest BCUT2D eigenvalue weighted by Gasteiger charge is -2.46. The summed E-state index contributed by atoms with van der Waals surface area (Å²) in [5, 5.41) is 34.6. The van der Waals surface area contributed by atoms with E-state index in [9.17, 15) is 10.2 Å². The Morgan fingerprint density at radius 3 is 2.16 bits per heavy atom. The van der Waals surface area contributed by atoms with Crippen LogP contribution >= 0.6 is 0 Å². The van der Waals surface area contributed by atoms with E-state index in [1.54, 1.807) is 6.20 Å². The Kier molecular flexibility index (Phi) is 2.72. The fourth-order valence-corrected chi connectivity index (χ4v) is 3.16. The molecule has 2 heterocycles. The van der Waals surface area contributed by atoms with Gasteiger partial charge in [0, 0.05) is 34.4 Å². The second kappa shape index (κ2) is 4.18. The molecule has 0 bridgehead atoms. The van der Waals surface area contributed by atoms with Crippen molar-refractivity contribution in [1.82, 2.24) is 20.4 Å². The number of nitrogens with one attached hydrogen (secondary N) is 2. The predicted octanol–water partition coefficient (Wildman–Crippen LogP) is 0.661. The quantitative estimate of drug-likeness (QED) is 0.639. The number of aromatic amines is 2. The summed E-state index contributed by atoms with van der Waals surface area (Å²) in [6, 6.07) is 0. The molecule has 102 valence electrons. The highest BCUT2D eigenvalue weighted by molar-refractivity contribution is 5.39. The van der Waals surface area contributed by atoms with Gasteiger partial charge in [-0.1, -0.05) is 0 Å². The predicted molar refractivity (Wildman–Crippen MR) is 68.9 cm³/mol. The van der Waals surface area contributed by atoms with Crippen molar-refractivity contribution in [2.45, 2.75) is 44.8 Å². The monoisotopic (exact) mass is 262 g/mol. The zero-order chi connectivity index (χ0) is 13.7. The minimum Gasteiger partial charge on any atom is -0.392 e. The Bertz CT molecular complexity index is 574. The summed E-state index contributed by atoms with van der Waals surface area (Å²) in [6.45, 7) is 5.68. The summed E-state index contributed by atoms with van der Waals surface area (Å²) in [7, 11) is 0. The Morgan fingerprint density at radius 1 is 1.00 bits per heavy atom. The molecule has 2 atom stereocenters. The maximum atomic E-state index is 10.4. The number of H-pyrrole nitrogens is 2. The fourth-order valence-electron chi connectivity index (χ4n) is 3.16. The van der Waals surface area contributed by atoms with E-state index in [1.165, 1.54) is 0 Å². The van der Waals surface area contributed by atoms with E-state index < -0.39 is 12.2 Å². The van der Waals surface area contributed by atoms with Crippen LogP contribution in [0.1, 0.15) is 40.0 Å². The van der Waals surface area contributed by atoms with Gasteiger partial charge in [0.05, 0.1) is 24.1 Å². The molecule has 6 heteroatoms. The molecule has 0 aromatic carbocycles. The molecule has 0 aliphatic heterocycles. The third kappa shape index (κ3) is 1.63. The highest BCUT2D eigenvalue weighted by Gasteiger charge is 2.52. The number of rotatable bonds is 2. The van der Waals surface area contributed by atoms with Crippen LogP contribution in [0.15, 0.2) is 6.20 Å². The molecule has 2 aromatic heterocycles. The van der Waals surface area contributed by atoms with E-state index in [4.69, 9.17) is 0 Å². The maximum Gasteiger partial charge on any atom is 0.0729 e. The fraction of sp³-hybridized carbons (Fsp3) is 0.538. The second-order valence-corrected chi connectivity index (χ2v) is 5.33. The van der Waals surface area contributed by atoms with E-state index >= 15 is 0 Å². The molecule has 1 saturated carbocycles. The minimum atomic E-state index is -0.610. The van der Waals surface area contributed by atoms with Gasteiger partial charge in [0.1, 0.15) is 0 Å². The lowest BCUT2D eigenvalue weighted by atomic mass is 9.63. The zero-order valence-corrected chi connectivity index (χ0v) is 11.2. The van der Waals surface area contributed by atoms with Crippen molar-refractivity contribution in [3.05, 3.63) is 34.4 Å². The third-order valence-electron chi connectivity index (χ3n) is 4.22. The molecule has 0 amide bonds. The van der Waals surface area contributed by atoms with Crippen LogP contribution in [-0.2, 0) is 0 Å². The van der Waals surface area contributed by atoms with Crippen LogP contribution in [0.25, 0.3) is 0 Å². The molecular formula is C13H18N4O2. The molecule has 1 fully saturated rings. The maximum absolute atomic E-state index is 10.4. The highest BCUT2D eigenvalue weighted by atomic mass is 16.3. The van der Waals surface area contributed by atoms with Crippen LogP contribution in [0.2, 0.25) is 0 Å². The first-order valence-corrected chi connectivity index (χ1v) is 6.39. The van der Waals surface area contributed by atoms with Gasteiger partial charge in [0.15, 0.2) is 0 Å². The van der Waals surface area contributed by atoms with Crippen molar-refractivity contribution in [1.29, 1.82) is 0 Å². The van der Waals surface area contributed by atoms with Crippen molar-refractivity contribution in [2.75, 3.05) is 0 Å².